The maximum atomic E-state index is 12.5. The van der Waals surface area contributed by atoms with Crippen LogP contribution in [0.15, 0.2) is 60.8 Å². The maximum Gasteiger partial charge on any atom is 0.472 e. The molecular weight excluding hydrogens is 681 g/mol. The standard InChI is InChI=1S/C41H70NO9P/c1-3-5-7-9-11-12-13-14-15-16-17-18-20-24-29-33-41(45)51-39(37-50-52(46,47)49-35-34-42)36-48-40(44)32-28-25-21-23-27-31-38(43)30-26-22-19-10-8-6-4-2/h11-12,14-15,17-19,22,26,30,39H,3-10,13,16,20-21,23-25,27-29,31-37,42H2,1-2H3,(H,46,47)/b12-11-,15-14-,18-17-,22-19-,30-26+/t39-/m1/s1. The SMILES string of the molecule is CCCCC/C=C\C=C\C(=O)CCCCCCCC(=O)OC[C@H](COP(=O)(O)OCCN)OC(=O)CCCC/C=C\C/C=C\C/C=C\CCCCC. The Balaban J connectivity index is 4.38. The fourth-order valence-electron chi connectivity index (χ4n) is 4.86. The zero-order valence-electron chi connectivity index (χ0n) is 32.3. The zero-order valence-corrected chi connectivity index (χ0v) is 33.2. The molecule has 298 valence electrons. The summed E-state index contributed by atoms with van der Waals surface area (Å²) in [6.45, 7) is 3.44. The van der Waals surface area contributed by atoms with E-state index in [1.807, 2.05) is 12.2 Å². The van der Waals surface area contributed by atoms with Crippen LogP contribution in [0.1, 0.15) is 149 Å². The number of ketones is 1. The summed E-state index contributed by atoms with van der Waals surface area (Å²) < 4.78 is 32.5. The Morgan fingerprint density at radius 2 is 1.17 bits per heavy atom. The minimum atomic E-state index is -4.41. The van der Waals surface area contributed by atoms with E-state index in [2.05, 4.69) is 56.4 Å². The molecule has 0 spiro atoms. The van der Waals surface area contributed by atoms with Gasteiger partial charge in [0.25, 0.3) is 0 Å². The summed E-state index contributed by atoms with van der Waals surface area (Å²) in [7, 11) is -4.41. The van der Waals surface area contributed by atoms with Gasteiger partial charge in [0.1, 0.15) is 6.61 Å². The van der Waals surface area contributed by atoms with Gasteiger partial charge in [0.05, 0.1) is 13.2 Å². The molecule has 0 aliphatic carbocycles. The number of phosphoric acid groups is 1. The normalized spacial score (nSPS) is 13.9. The number of hydrogen-bond acceptors (Lipinski definition) is 9. The van der Waals surface area contributed by atoms with Crippen LogP contribution in [0.25, 0.3) is 0 Å². The van der Waals surface area contributed by atoms with Crippen molar-refractivity contribution in [2.45, 2.75) is 155 Å². The second-order valence-electron chi connectivity index (χ2n) is 12.8. The summed E-state index contributed by atoms with van der Waals surface area (Å²) in [6, 6.07) is 0. The van der Waals surface area contributed by atoms with E-state index in [4.69, 9.17) is 24.3 Å². The number of esters is 2. The monoisotopic (exact) mass is 751 g/mol. The molecule has 0 radical (unpaired) electrons. The molecule has 1 unspecified atom stereocenters. The third-order valence-electron chi connectivity index (χ3n) is 7.85. The van der Waals surface area contributed by atoms with Crippen LogP contribution in [0.3, 0.4) is 0 Å². The van der Waals surface area contributed by atoms with Crippen molar-refractivity contribution in [1.82, 2.24) is 0 Å². The van der Waals surface area contributed by atoms with Gasteiger partial charge in [0, 0.05) is 25.8 Å². The van der Waals surface area contributed by atoms with Crippen LogP contribution in [0.2, 0.25) is 0 Å². The predicted molar refractivity (Wildman–Crippen MR) is 211 cm³/mol. The third-order valence-corrected chi connectivity index (χ3v) is 8.84. The number of ether oxygens (including phenoxy) is 2. The van der Waals surface area contributed by atoms with Crippen molar-refractivity contribution >= 4 is 25.5 Å². The second kappa shape index (κ2) is 36.7. The van der Waals surface area contributed by atoms with Gasteiger partial charge in [-0.2, -0.15) is 0 Å². The Morgan fingerprint density at radius 1 is 0.635 bits per heavy atom. The van der Waals surface area contributed by atoms with E-state index in [1.165, 1.54) is 38.5 Å². The van der Waals surface area contributed by atoms with Crippen molar-refractivity contribution in [1.29, 1.82) is 0 Å². The fourth-order valence-corrected chi connectivity index (χ4v) is 5.62. The van der Waals surface area contributed by atoms with E-state index >= 15 is 0 Å². The van der Waals surface area contributed by atoms with E-state index in [0.717, 1.165) is 64.2 Å². The van der Waals surface area contributed by atoms with Gasteiger partial charge in [-0.1, -0.05) is 113 Å². The highest BCUT2D eigenvalue weighted by atomic mass is 31.2. The summed E-state index contributed by atoms with van der Waals surface area (Å²) in [5.41, 5.74) is 5.32. The smallest absolute Gasteiger partial charge is 0.462 e. The van der Waals surface area contributed by atoms with Crippen molar-refractivity contribution in [3.8, 4) is 0 Å². The first-order chi connectivity index (χ1) is 25.2. The average Bonchev–Trinajstić information content (AvgIpc) is 3.12. The molecule has 3 N–H and O–H groups in total. The molecule has 0 saturated heterocycles. The van der Waals surface area contributed by atoms with Gasteiger partial charge in [-0.15, -0.1) is 0 Å². The van der Waals surface area contributed by atoms with Gasteiger partial charge in [0.2, 0.25) is 0 Å². The highest BCUT2D eigenvalue weighted by Crippen LogP contribution is 2.43. The first-order valence-corrected chi connectivity index (χ1v) is 21.2. The summed E-state index contributed by atoms with van der Waals surface area (Å²) in [5.74, 6) is -0.855. The molecule has 2 atom stereocenters. The fraction of sp³-hybridized carbons (Fsp3) is 0.683. The number of hydrogen-bond donors (Lipinski definition) is 2. The molecule has 52 heavy (non-hydrogen) atoms. The van der Waals surface area contributed by atoms with Crippen molar-refractivity contribution in [3.05, 3.63) is 60.8 Å². The van der Waals surface area contributed by atoms with Gasteiger partial charge in [-0.05, 0) is 76.7 Å². The van der Waals surface area contributed by atoms with Crippen molar-refractivity contribution in [2.75, 3.05) is 26.4 Å². The number of nitrogens with two attached hydrogens (primary N) is 1. The number of carbonyl (C=O) groups is 3. The Kier molecular flexibility index (Phi) is 34.9. The van der Waals surface area contributed by atoms with Crippen LogP contribution in [0.5, 0.6) is 0 Å². The number of allylic oxidation sites excluding steroid dienone is 10. The minimum absolute atomic E-state index is 0.0271. The number of unbranched alkanes of at least 4 members (excludes halogenated alkanes) is 12. The lowest BCUT2D eigenvalue weighted by Gasteiger charge is -2.19. The largest absolute Gasteiger partial charge is 0.472 e. The minimum Gasteiger partial charge on any atom is -0.462 e. The van der Waals surface area contributed by atoms with Crippen LogP contribution in [0, 0.1) is 0 Å². The number of rotatable bonds is 36. The Hall–Kier alpha value is -2.62. The van der Waals surface area contributed by atoms with E-state index in [1.54, 1.807) is 6.08 Å². The van der Waals surface area contributed by atoms with Crippen LogP contribution in [-0.4, -0.2) is 55.1 Å². The van der Waals surface area contributed by atoms with Crippen molar-refractivity contribution in [2.24, 2.45) is 5.73 Å². The molecule has 0 rings (SSSR count). The summed E-state index contributed by atoms with van der Waals surface area (Å²) >= 11 is 0. The summed E-state index contributed by atoms with van der Waals surface area (Å²) in [6.07, 6.45) is 37.9. The quantitative estimate of drug-likeness (QED) is 0.0158. The zero-order chi connectivity index (χ0) is 38.4. The van der Waals surface area contributed by atoms with Crippen molar-refractivity contribution < 1.29 is 42.4 Å². The predicted octanol–water partition coefficient (Wildman–Crippen LogP) is 10.1. The van der Waals surface area contributed by atoms with Gasteiger partial charge < -0.3 is 20.1 Å². The molecule has 0 bridgehead atoms. The Labute approximate surface area is 315 Å². The van der Waals surface area contributed by atoms with E-state index in [-0.39, 0.29) is 38.4 Å². The van der Waals surface area contributed by atoms with Crippen LogP contribution >= 0.6 is 7.82 Å². The Bertz CT molecular complexity index is 1100. The van der Waals surface area contributed by atoms with E-state index < -0.39 is 32.5 Å². The Morgan fingerprint density at radius 3 is 1.81 bits per heavy atom. The van der Waals surface area contributed by atoms with Crippen LogP contribution in [-0.2, 0) is 37.5 Å². The lowest BCUT2D eigenvalue weighted by molar-refractivity contribution is -0.161. The number of phosphoric ester groups is 1. The topological polar surface area (TPSA) is 151 Å². The first kappa shape index (κ1) is 49.4. The summed E-state index contributed by atoms with van der Waals surface area (Å²) in [4.78, 5) is 46.7. The summed E-state index contributed by atoms with van der Waals surface area (Å²) in [5, 5.41) is 0. The van der Waals surface area contributed by atoms with Gasteiger partial charge >= 0.3 is 19.8 Å². The number of carbonyl (C=O) groups excluding carboxylic acids is 3. The van der Waals surface area contributed by atoms with Crippen molar-refractivity contribution in [3.63, 3.8) is 0 Å². The molecule has 10 nitrogen and oxygen atoms in total. The van der Waals surface area contributed by atoms with Crippen LogP contribution < -0.4 is 5.73 Å². The average molecular weight is 752 g/mol. The molecular formula is C41H70NO9P. The second-order valence-corrected chi connectivity index (χ2v) is 14.3. The molecule has 11 heteroatoms. The third kappa shape index (κ3) is 35.8. The van der Waals surface area contributed by atoms with E-state index in [0.29, 0.717) is 19.3 Å². The molecule has 0 aromatic rings. The van der Waals surface area contributed by atoms with E-state index in [9.17, 15) is 23.8 Å². The lowest BCUT2D eigenvalue weighted by Crippen LogP contribution is -2.29. The van der Waals surface area contributed by atoms with Gasteiger partial charge in [0.15, 0.2) is 11.9 Å². The van der Waals surface area contributed by atoms with Crippen LogP contribution in [0.4, 0.5) is 0 Å². The molecule has 0 aliphatic heterocycles. The lowest BCUT2D eigenvalue weighted by atomic mass is 10.1. The molecule has 0 heterocycles. The maximum absolute atomic E-state index is 12.5. The molecule has 0 saturated carbocycles. The first-order valence-electron chi connectivity index (χ1n) is 19.7. The highest BCUT2D eigenvalue weighted by molar-refractivity contribution is 7.47. The molecule has 0 amide bonds. The molecule has 0 aliphatic rings. The molecule has 0 fully saturated rings. The van der Waals surface area contributed by atoms with Gasteiger partial charge in [-0.25, -0.2) is 4.57 Å². The highest BCUT2D eigenvalue weighted by Gasteiger charge is 2.25. The molecule has 0 aromatic carbocycles. The van der Waals surface area contributed by atoms with Gasteiger partial charge in [-0.3, -0.25) is 23.4 Å². The molecule has 0 aromatic heterocycles.